The highest BCUT2D eigenvalue weighted by atomic mass is 35.5. The van der Waals surface area contributed by atoms with Crippen molar-refractivity contribution in [2.75, 3.05) is 7.11 Å². The summed E-state index contributed by atoms with van der Waals surface area (Å²) in [4.78, 5) is 0. The number of ether oxygens (including phenoxy) is 1. The molecule has 1 aromatic rings. The molecule has 1 aromatic carbocycles. The highest BCUT2D eigenvalue weighted by molar-refractivity contribution is 6.32. The summed E-state index contributed by atoms with van der Waals surface area (Å²) in [6.45, 7) is 10.6. The second-order valence-electron chi connectivity index (χ2n) is 6.27. The van der Waals surface area contributed by atoms with Crippen molar-refractivity contribution in [2.24, 2.45) is 5.92 Å². The maximum absolute atomic E-state index is 14.6. The molecule has 0 radical (unpaired) electrons. The lowest BCUT2D eigenvalue weighted by molar-refractivity contribution is 0.323. The lowest BCUT2D eigenvalue weighted by Gasteiger charge is -2.29. The van der Waals surface area contributed by atoms with Crippen LogP contribution >= 0.6 is 11.6 Å². The second-order valence-corrected chi connectivity index (χ2v) is 6.68. The SMILES string of the molecule is C=C(NC(CC)C(CCC)CCCC)c1ccc(Cl)c(OC)c1F. The number of benzene rings is 1. The van der Waals surface area contributed by atoms with Gasteiger partial charge in [0, 0.05) is 17.3 Å². The molecule has 0 aromatic heterocycles. The fourth-order valence-electron chi connectivity index (χ4n) is 3.19. The zero-order chi connectivity index (χ0) is 18.1. The van der Waals surface area contributed by atoms with Crippen molar-refractivity contribution in [2.45, 2.75) is 65.3 Å². The Hall–Kier alpha value is -1.22. The molecule has 0 spiro atoms. The van der Waals surface area contributed by atoms with E-state index < -0.39 is 5.82 Å². The van der Waals surface area contributed by atoms with E-state index in [0.29, 0.717) is 23.2 Å². The van der Waals surface area contributed by atoms with Crippen molar-refractivity contribution >= 4 is 17.3 Å². The molecule has 0 bridgehead atoms. The van der Waals surface area contributed by atoms with Crippen molar-refractivity contribution in [1.82, 2.24) is 5.32 Å². The molecule has 2 nitrogen and oxygen atoms in total. The molecule has 0 aliphatic carbocycles. The predicted octanol–water partition coefficient (Wildman–Crippen LogP) is 6.43. The van der Waals surface area contributed by atoms with Crippen LogP contribution in [0.1, 0.15) is 64.9 Å². The third-order valence-corrected chi connectivity index (χ3v) is 4.83. The van der Waals surface area contributed by atoms with E-state index >= 15 is 0 Å². The third kappa shape index (κ3) is 5.41. The van der Waals surface area contributed by atoms with Crippen LogP contribution in [0.4, 0.5) is 4.39 Å². The summed E-state index contributed by atoms with van der Waals surface area (Å²) in [5.74, 6) is 0.188. The topological polar surface area (TPSA) is 21.3 Å². The van der Waals surface area contributed by atoms with Gasteiger partial charge >= 0.3 is 0 Å². The molecule has 4 heteroatoms. The molecule has 0 aliphatic rings. The Labute approximate surface area is 151 Å². The lowest BCUT2D eigenvalue weighted by atomic mass is 9.88. The standard InChI is InChI=1S/C20H31ClFNO/c1-6-9-11-15(10-7-2)18(8-3)23-14(4)16-12-13-17(21)20(24-5)19(16)22/h12-13,15,18,23H,4,6-11H2,1-3,5H3. The summed E-state index contributed by atoms with van der Waals surface area (Å²) in [6, 6.07) is 3.60. The summed E-state index contributed by atoms with van der Waals surface area (Å²) in [5, 5.41) is 3.72. The molecule has 0 amide bonds. The maximum Gasteiger partial charge on any atom is 0.175 e. The van der Waals surface area contributed by atoms with Crippen molar-refractivity contribution in [3.05, 3.63) is 35.1 Å². The van der Waals surface area contributed by atoms with Gasteiger partial charge in [-0.05, 0) is 37.3 Å². The van der Waals surface area contributed by atoms with Gasteiger partial charge in [-0.15, -0.1) is 0 Å². The van der Waals surface area contributed by atoms with Gasteiger partial charge < -0.3 is 10.1 Å². The number of rotatable bonds is 11. The van der Waals surface area contributed by atoms with E-state index in [1.54, 1.807) is 12.1 Å². The first-order valence-electron chi connectivity index (χ1n) is 8.97. The molecule has 0 saturated carbocycles. The number of nitrogens with one attached hydrogen (secondary N) is 1. The zero-order valence-corrected chi connectivity index (χ0v) is 16.2. The van der Waals surface area contributed by atoms with Gasteiger partial charge in [0.25, 0.3) is 0 Å². The van der Waals surface area contributed by atoms with Crippen molar-refractivity contribution in [3.8, 4) is 5.75 Å². The minimum absolute atomic E-state index is 0.0706. The first-order chi connectivity index (χ1) is 11.5. The van der Waals surface area contributed by atoms with Crippen molar-refractivity contribution in [3.63, 3.8) is 0 Å². The average molecular weight is 356 g/mol. The molecular weight excluding hydrogens is 325 g/mol. The highest BCUT2D eigenvalue weighted by Crippen LogP contribution is 2.32. The van der Waals surface area contributed by atoms with Crippen molar-refractivity contribution < 1.29 is 9.13 Å². The Morgan fingerprint density at radius 3 is 2.50 bits per heavy atom. The first kappa shape index (κ1) is 20.8. The van der Waals surface area contributed by atoms with Gasteiger partial charge in [0.05, 0.1) is 12.1 Å². The summed E-state index contributed by atoms with van der Waals surface area (Å²) < 4.78 is 19.6. The predicted molar refractivity (Wildman–Crippen MR) is 102 cm³/mol. The Morgan fingerprint density at radius 1 is 1.25 bits per heavy atom. The van der Waals surface area contributed by atoms with Gasteiger partial charge in [0.2, 0.25) is 0 Å². The highest BCUT2D eigenvalue weighted by Gasteiger charge is 2.21. The lowest BCUT2D eigenvalue weighted by Crippen LogP contribution is -2.34. The molecule has 1 N–H and O–H groups in total. The summed E-state index contributed by atoms with van der Waals surface area (Å²) in [5.41, 5.74) is 1.01. The zero-order valence-electron chi connectivity index (χ0n) is 15.4. The minimum atomic E-state index is -0.460. The van der Waals surface area contributed by atoms with Crippen LogP contribution in [-0.4, -0.2) is 13.2 Å². The average Bonchev–Trinajstić information content (AvgIpc) is 2.57. The van der Waals surface area contributed by atoms with E-state index in [2.05, 4.69) is 32.7 Å². The molecule has 0 heterocycles. The number of halogens is 2. The van der Waals surface area contributed by atoms with Gasteiger partial charge in [-0.3, -0.25) is 0 Å². The number of hydrogen-bond acceptors (Lipinski definition) is 2. The van der Waals surface area contributed by atoms with E-state index in [4.69, 9.17) is 16.3 Å². The molecule has 24 heavy (non-hydrogen) atoms. The van der Waals surface area contributed by atoms with E-state index in [9.17, 15) is 4.39 Å². The van der Waals surface area contributed by atoms with Crippen LogP contribution in [0.5, 0.6) is 5.75 Å². The van der Waals surface area contributed by atoms with E-state index in [1.807, 2.05) is 0 Å². The van der Waals surface area contributed by atoms with Gasteiger partial charge in [-0.25, -0.2) is 4.39 Å². The van der Waals surface area contributed by atoms with Crippen LogP contribution in [0.15, 0.2) is 18.7 Å². The molecule has 0 aliphatic heterocycles. The Balaban J connectivity index is 2.93. The van der Waals surface area contributed by atoms with Crippen molar-refractivity contribution in [1.29, 1.82) is 0 Å². The van der Waals surface area contributed by atoms with Gasteiger partial charge in [0.15, 0.2) is 11.6 Å². The fraction of sp³-hybridized carbons (Fsp3) is 0.600. The Morgan fingerprint density at radius 2 is 1.96 bits per heavy atom. The fourth-order valence-corrected chi connectivity index (χ4v) is 3.41. The Bertz CT molecular complexity index is 533. The number of hydrogen-bond donors (Lipinski definition) is 1. The molecule has 0 fully saturated rings. The quantitative estimate of drug-likeness (QED) is 0.493. The number of methoxy groups -OCH3 is 1. The largest absolute Gasteiger partial charge is 0.492 e. The summed E-state index contributed by atoms with van der Waals surface area (Å²) in [7, 11) is 1.42. The van der Waals surface area contributed by atoms with Crippen LogP contribution in [0, 0.1) is 11.7 Å². The molecule has 0 saturated heterocycles. The van der Waals surface area contributed by atoms with Crippen LogP contribution < -0.4 is 10.1 Å². The van der Waals surface area contributed by atoms with Crippen LogP contribution in [0.2, 0.25) is 5.02 Å². The molecular formula is C20H31ClFNO. The minimum Gasteiger partial charge on any atom is -0.492 e. The maximum atomic E-state index is 14.6. The third-order valence-electron chi connectivity index (χ3n) is 4.53. The van der Waals surface area contributed by atoms with Gasteiger partial charge in [0.1, 0.15) is 0 Å². The molecule has 136 valence electrons. The number of unbranched alkanes of at least 4 members (excludes halogenated alkanes) is 1. The molecule has 1 rings (SSSR count). The van der Waals surface area contributed by atoms with Crippen LogP contribution in [0.25, 0.3) is 5.70 Å². The normalized spacial score (nSPS) is 13.4. The molecule has 2 atom stereocenters. The smallest absolute Gasteiger partial charge is 0.175 e. The Kier molecular flexibility index (Phi) is 9.20. The van der Waals surface area contributed by atoms with E-state index in [1.165, 1.54) is 32.8 Å². The first-order valence-corrected chi connectivity index (χ1v) is 9.35. The molecule has 2 unspecified atom stereocenters. The van der Waals surface area contributed by atoms with E-state index in [-0.39, 0.29) is 10.8 Å². The summed E-state index contributed by atoms with van der Waals surface area (Å²) >= 11 is 5.97. The van der Waals surface area contributed by atoms with E-state index in [0.717, 1.165) is 12.8 Å². The van der Waals surface area contributed by atoms with Gasteiger partial charge in [-0.1, -0.05) is 58.2 Å². The van der Waals surface area contributed by atoms with Crippen LogP contribution in [0.3, 0.4) is 0 Å². The van der Waals surface area contributed by atoms with Crippen LogP contribution in [-0.2, 0) is 0 Å². The monoisotopic (exact) mass is 355 g/mol. The second kappa shape index (κ2) is 10.6. The van der Waals surface area contributed by atoms with Gasteiger partial charge in [-0.2, -0.15) is 0 Å². The summed E-state index contributed by atoms with van der Waals surface area (Å²) in [6.07, 6.45) is 6.92.